The fraction of sp³-hybridized carbons (Fsp3) is 0.360. The molecule has 38 heavy (non-hydrogen) atoms. The molecule has 0 saturated carbocycles. The zero-order valence-corrected chi connectivity index (χ0v) is 20.7. The van der Waals surface area contributed by atoms with Crippen molar-refractivity contribution < 1.29 is 38.5 Å². The van der Waals surface area contributed by atoms with E-state index in [-0.39, 0.29) is 48.8 Å². The van der Waals surface area contributed by atoms with Crippen LogP contribution in [0.1, 0.15) is 33.1 Å². The molecule has 3 rings (SSSR count). The van der Waals surface area contributed by atoms with Crippen molar-refractivity contribution in [3.05, 3.63) is 46.6 Å². The number of hydrogen-bond acceptors (Lipinski definition) is 9. The van der Waals surface area contributed by atoms with E-state index in [2.05, 4.69) is 10.3 Å². The summed E-state index contributed by atoms with van der Waals surface area (Å²) in [6.45, 7) is 3.38. The molecule has 2 unspecified atom stereocenters. The van der Waals surface area contributed by atoms with E-state index in [1.165, 1.54) is 29.2 Å². The highest BCUT2D eigenvalue weighted by Gasteiger charge is 2.26. The summed E-state index contributed by atoms with van der Waals surface area (Å²) >= 11 is 0. The average Bonchev–Trinajstić information content (AvgIpc) is 2.84. The van der Waals surface area contributed by atoms with Crippen LogP contribution in [-0.2, 0) is 14.4 Å². The lowest BCUT2D eigenvalue weighted by Gasteiger charge is -2.27. The second-order valence-corrected chi connectivity index (χ2v) is 8.86. The molecule has 0 aromatic heterocycles. The molecule has 13 heteroatoms. The third-order valence-electron chi connectivity index (χ3n) is 5.68. The van der Waals surface area contributed by atoms with Gasteiger partial charge in [-0.05, 0) is 51.0 Å². The van der Waals surface area contributed by atoms with Crippen molar-refractivity contribution in [2.75, 3.05) is 6.54 Å². The van der Waals surface area contributed by atoms with Crippen LogP contribution in [0.25, 0.3) is 22.6 Å². The number of nitrogens with two attached hydrogens (primary N) is 1. The van der Waals surface area contributed by atoms with E-state index in [1.54, 1.807) is 26.0 Å². The van der Waals surface area contributed by atoms with E-state index in [9.17, 15) is 29.1 Å². The molecule has 13 nitrogen and oxygen atoms in total. The Morgan fingerprint density at radius 1 is 1.08 bits per heavy atom. The molecule has 0 saturated heterocycles. The number of rotatable bonds is 11. The Kier molecular flexibility index (Phi) is 8.97. The van der Waals surface area contributed by atoms with Gasteiger partial charge in [-0.3, -0.25) is 14.4 Å². The minimum absolute atomic E-state index is 0.0567. The number of hydrogen-bond donors (Lipinski definition) is 4. The monoisotopic (exact) mass is 528 g/mol. The van der Waals surface area contributed by atoms with Gasteiger partial charge >= 0.3 is 18.0 Å². The van der Waals surface area contributed by atoms with Gasteiger partial charge < -0.3 is 35.3 Å². The van der Waals surface area contributed by atoms with Gasteiger partial charge in [-0.15, -0.1) is 0 Å². The number of carbonyl (C=O) groups excluding carboxylic acids is 2. The Labute approximate surface area is 216 Å². The number of carboxylic acid groups (broad SMARTS) is 2. The van der Waals surface area contributed by atoms with Crippen LogP contribution < -0.4 is 21.2 Å². The molecule has 1 heterocycles. The molecule has 2 atom stereocenters. The minimum atomic E-state index is -1.32. The van der Waals surface area contributed by atoms with E-state index >= 15 is 0 Å². The Morgan fingerprint density at radius 2 is 1.82 bits per heavy atom. The van der Waals surface area contributed by atoms with Crippen LogP contribution in [0.5, 0.6) is 5.75 Å². The summed E-state index contributed by atoms with van der Waals surface area (Å²) in [6, 6.07) is 5.88. The number of benzene rings is 2. The van der Waals surface area contributed by atoms with E-state index in [1.807, 2.05) is 0 Å². The van der Waals surface area contributed by atoms with Crippen LogP contribution in [0.4, 0.5) is 4.79 Å². The molecule has 1 aromatic carbocycles. The lowest BCUT2D eigenvalue weighted by molar-refractivity contribution is -0.142. The molecule has 5 N–H and O–H groups in total. The zero-order valence-electron chi connectivity index (χ0n) is 20.7. The van der Waals surface area contributed by atoms with Crippen molar-refractivity contribution in [2.24, 2.45) is 5.73 Å². The third kappa shape index (κ3) is 7.26. The van der Waals surface area contributed by atoms with Gasteiger partial charge in [-0.25, -0.2) is 14.6 Å². The van der Waals surface area contributed by atoms with Crippen LogP contribution in [0.2, 0.25) is 0 Å². The van der Waals surface area contributed by atoms with Crippen molar-refractivity contribution in [1.82, 2.24) is 15.2 Å². The van der Waals surface area contributed by atoms with Gasteiger partial charge in [-0.2, -0.15) is 0 Å². The highest BCUT2D eigenvalue weighted by molar-refractivity contribution is 5.84. The molecule has 2 aliphatic rings. The lowest BCUT2D eigenvalue weighted by atomic mass is 10.1. The molecule has 202 valence electrons. The predicted octanol–water partition coefficient (Wildman–Crippen LogP) is 1.65. The summed E-state index contributed by atoms with van der Waals surface area (Å²) in [5, 5.41) is 20.6. The van der Waals surface area contributed by atoms with Crippen LogP contribution >= 0.6 is 0 Å². The van der Waals surface area contributed by atoms with Crippen molar-refractivity contribution in [1.29, 1.82) is 0 Å². The third-order valence-corrected chi connectivity index (χ3v) is 5.68. The van der Waals surface area contributed by atoms with Crippen LogP contribution in [0.3, 0.4) is 0 Å². The fourth-order valence-electron chi connectivity index (χ4n) is 3.57. The Bertz CT molecular complexity index is 1370. The molecule has 1 aromatic rings. The topological polar surface area (TPSA) is 202 Å². The van der Waals surface area contributed by atoms with Crippen molar-refractivity contribution >= 4 is 35.0 Å². The van der Waals surface area contributed by atoms with Crippen LogP contribution in [0.15, 0.2) is 45.6 Å². The van der Waals surface area contributed by atoms with Gasteiger partial charge in [0.2, 0.25) is 5.91 Å². The first kappa shape index (κ1) is 28.1. The first-order valence-electron chi connectivity index (χ1n) is 11.8. The molecule has 0 radical (unpaired) electrons. The molecular weight excluding hydrogens is 500 g/mol. The first-order valence-corrected chi connectivity index (χ1v) is 11.8. The number of fused-ring (bicyclic) bond motifs is 2. The molecule has 0 spiro atoms. The molecule has 0 fully saturated rings. The number of carbonyl (C=O) groups is 4. The fourth-order valence-corrected chi connectivity index (χ4v) is 3.57. The Balaban J connectivity index is 1.66. The summed E-state index contributed by atoms with van der Waals surface area (Å²) < 4.78 is 11.2. The maximum absolute atomic E-state index is 12.9. The highest BCUT2D eigenvalue weighted by atomic mass is 16.6. The summed E-state index contributed by atoms with van der Waals surface area (Å²) in [4.78, 5) is 64.8. The maximum Gasteiger partial charge on any atom is 0.415 e. The summed E-state index contributed by atoms with van der Waals surface area (Å²) in [6.07, 6.45) is -1.29. The SMILES string of the molecule is CC(C)N(CCC(NC(=O)CCC(N)C(=O)O)C(=O)O)C(=O)Oc1ccc2nc3ccc(=O)cc-3oc2c1. The number of aliphatic carboxylic acids is 2. The molecule has 0 bridgehead atoms. The highest BCUT2D eigenvalue weighted by Crippen LogP contribution is 2.26. The second kappa shape index (κ2) is 12.1. The Morgan fingerprint density at radius 3 is 2.47 bits per heavy atom. The van der Waals surface area contributed by atoms with Gasteiger partial charge in [0.05, 0.1) is 0 Å². The molecular formula is C25H28N4O9. The number of carboxylic acids is 2. The maximum atomic E-state index is 12.9. The Hall–Kier alpha value is -4.52. The van der Waals surface area contributed by atoms with E-state index in [0.717, 1.165) is 0 Å². The molecule has 2 amide bonds. The number of aromatic nitrogens is 1. The number of nitrogens with one attached hydrogen (secondary N) is 1. The lowest BCUT2D eigenvalue weighted by Crippen LogP contribution is -2.46. The second-order valence-electron chi connectivity index (χ2n) is 8.86. The summed E-state index contributed by atoms with van der Waals surface area (Å²) in [5.74, 6) is -2.81. The molecule has 1 aliphatic carbocycles. The first-order chi connectivity index (χ1) is 17.9. The van der Waals surface area contributed by atoms with Crippen LogP contribution in [-0.4, -0.2) is 68.7 Å². The quantitative estimate of drug-likeness (QED) is 0.263. The summed E-state index contributed by atoms with van der Waals surface area (Å²) in [5.41, 5.74) is 6.41. The van der Waals surface area contributed by atoms with Gasteiger partial charge in [0.25, 0.3) is 0 Å². The number of nitrogens with zero attached hydrogens (tertiary/aromatic N) is 2. The van der Waals surface area contributed by atoms with E-state index in [4.69, 9.17) is 20.0 Å². The van der Waals surface area contributed by atoms with Crippen molar-refractivity contribution in [3.8, 4) is 17.2 Å². The average molecular weight is 529 g/mol. The summed E-state index contributed by atoms with van der Waals surface area (Å²) in [7, 11) is 0. The van der Waals surface area contributed by atoms with Crippen LogP contribution in [0, 0.1) is 0 Å². The van der Waals surface area contributed by atoms with E-state index in [0.29, 0.717) is 16.8 Å². The van der Waals surface area contributed by atoms with Gasteiger partial charge in [0.15, 0.2) is 16.8 Å². The normalized spacial score (nSPS) is 12.7. The number of amides is 2. The van der Waals surface area contributed by atoms with Gasteiger partial charge in [-0.1, -0.05) is 0 Å². The zero-order chi connectivity index (χ0) is 28.0. The predicted molar refractivity (Wildman–Crippen MR) is 134 cm³/mol. The smallest absolute Gasteiger partial charge is 0.415 e. The van der Waals surface area contributed by atoms with E-state index < -0.39 is 36.0 Å². The van der Waals surface area contributed by atoms with Gasteiger partial charge in [0, 0.05) is 31.1 Å². The van der Waals surface area contributed by atoms with Crippen molar-refractivity contribution in [3.63, 3.8) is 0 Å². The minimum Gasteiger partial charge on any atom is -0.480 e. The molecule has 1 aliphatic heterocycles. The largest absolute Gasteiger partial charge is 0.480 e. The van der Waals surface area contributed by atoms with Crippen molar-refractivity contribution in [2.45, 2.75) is 51.2 Å². The van der Waals surface area contributed by atoms with Gasteiger partial charge in [0.1, 0.15) is 29.0 Å². The number of ether oxygens (including phenoxy) is 1. The standard InChI is InChI=1S/C25H28N4O9/c1-13(2)29(10-9-19(24(34)35)28-22(31)8-5-16(26)23(32)33)25(36)37-15-4-7-18-21(12-15)38-20-11-14(30)3-6-17(20)27-18/h3-4,6-7,11-13,16,19H,5,8-10,26H2,1-2H3,(H,28,31)(H,32,33)(H,34,35).